The third-order valence-corrected chi connectivity index (χ3v) is 10.9. The molecule has 1 N–H and O–H groups in total. The number of ketones is 1. The van der Waals surface area contributed by atoms with Crippen LogP contribution in [0.15, 0.2) is 11.6 Å². The average Bonchev–Trinajstić information content (AvgIpc) is 3.04. The fourth-order valence-electron chi connectivity index (χ4n) is 8.57. The van der Waals surface area contributed by atoms with E-state index in [0.29, 0.717) is 23.0 Å². The van der Waals surface area contributed by atoms with Crippen LogP contribution in [0.5, 0.6) is 0 Å². The molecule has 4 aliphatic rings. The van der Waals surface area contributed by atoms with Crippen LogP contribution in [0.25, 0.3) is 0 Å². The van der Waals surface area contributed by atoms with Gasteiger partial charge >= 0.3 is 0 Å². The van der Waals surface area contributed by atoms with Crippen LogP contribution in [-0.4, -0.2) is 17.0 Å². The molecule has 0 aromatic heterocycles. The van der Waals surface area contributed by atoms with Gasteiger partial charge in [-0.1, -0.05) is 54.4 Å². The predicted octanol–water partition coefficient (Wildman–Crippen LogP) is 6.81. The van der Waals surface area contributed by atoms with Gasteiger partial charge < -0.3 is 5.11 Å². The summed E-state index contributed by atoms with van der Waals surface area (Å²) < 4.78 is 0. The molecule has 0 aromatic rings. The molecule has 2 heteroatoms. The number of Topliss-reactive ketones (excluding diaryl/α,β-unsaturated/α-hetero) is 1. The first-order valence-corrected chi connectivity index (χ1v) is 13.0. The van der Waals surface area contributed by atoms with Gasteiger partial charge in [0.2, 0.25) is 0 Å². The largest absolute Gasteiger partial charge is 0.389 e. The number of aliphatic hydroxyl groups excluding tert-OH is 1. The van der Waals surface area contributed by atoms with Crippen LogP contribution in [0, 0.1) is 52.3 Å². The summed E-state index contributed by atoms with van der Waals surface area (Å²) >= 11 is 0. The summed E-state index contributed by atoms with van der Waals surface area (Å²) in [5.74, 6) is 5.51. The number of carbonyl (C=O) groups is 1. The molecule has 4 aliphatic carbocycles. The first kappa shape index (κ1) is 22.6. The maximum absolute atomic E-state index is 13.2. The molecule has 3 fully saturated rings. The Labute approximate surface area is 185 Å². The smallest absolute Gasteiger partial charge is 0.159 e. The lowest BCUT2D eigenvalue weighted by molar-refractivity contribution is -0.129. The van der Waals surface area contributed by atoms with Gasteiger partial charge in [0.25, 0.3) is 0 Å². The Hall–Kier alpha value is -0.630. The van der Waals surface area contributed by atoms with E-state index in [9.17, 15) is 9.90 Å². The summed E-state index contributed by atoms with van der Waals surface area (Å²) in [5, 5.41) is 10.2. The van der Waals surface area contributed by atoms with E-state index in [0.717, 1.165) is 54.4 Å². The number of fused-ring (bicyclic) bond motifs is 5. The Morgan fingerprint density at radius 3 is 2.43 bits per heavy atom. The van der Waals surface area contributed by atoms with Crippen LogP contribution in [0.1, 0.15) is 99.3 Å². The second kappa shape index (κ2) is 8.05. The maximum atomic E-state index is 13.2. The summed E-state index contributed by atoms with van der Waals surface area (Å²) in [6.07, 6.45) is 12.1. The van der Waals surface area contributed by atoms with Crippen molar-refractivity contribution in [2.75, 3.05) is 0 Å². The van der Waals surface area contributed by atoms with Crippen LogP contribution >= 0.6 is 0 Å². The van der Waals surface area contributed by atoms with Gasteiger partial charge in [-0.2, -0.15) is 0 Å². The zero-order chi connectivity index (χ0) is 21.8. The van der Waals surface area contributed by atoms with Gasteiger partial charge in [-0.05, 0) is 102 Å². The highest BCUT2D eigenvalue weighted by molar-refractivity contribution is 5.98. The summed E-state index contributed by atoms with van der Waals surface area (Å²) in [6, 6.07) is 0. The maximum Gasteiger partial charge on any atom is 0.159 e. The number of allylic oxidation sites excluding steroid dienone is 1. The minimum atomic E-state index is -0.410. The molecule has 0 saturated heterocycles. The summed E-state index contributed by atoms with van der Waals surface area (Å²) in [4.78, 5) is 13.2. The lowest BCUT2D eigenvalue weighted by Crippen LogP contribution is -2.53. The second-order valence-electron chi connectivity index (χ2n) is 12.6. The molecule has 0 radical (unpaired) electrons. The Bertz CT molecular complexity index is 693. The van der Waals surface area contributed by atoms with Gasteiger partial charge in [-0.15, -0.1) is 0 Å². The minimum Gasteiger partial charge on any atom is -0.389 e. The molecule has 0 heterocycles. The second-order valence-corrected chi connectivity index (χ2v) is 12.6. The third-order valence-electron chi connectivity index (χ3n) is 10.9. The summed E-state index contributed by atoms with van der Waals surface area (Å²) in [7, 11) is 0. The van der Waals surface area contributed by atoms with Gasteiger partial charge in [0.15, 0.2) is 5.78 Å². The summed E-state index contributed by atoms with van der Waals surface area (Å²) in [6.45, 7) is 14.6. The SMILES string of the molecule is CC(C)[C@@H](C)CC[C@@H](C)[C@H]1CC[C@H]2[C@@H]3CC(=O)C4=C[C@H](O)CC[C@]4(C)[C@H]3CC[C@]12C. The van der Waals surface area contributed by atoms with Gasteiger partial charge in [-0.3, -0.25) is 4.79 Å². The molecule has 4 rings (SSSR count). The quantitative estimate of drug-likeness (QED) is 0.536. The van der Waals surface area contributed by atoms with E-state index in [1.165, 1.54) is 38.5 Å². The van der Waals surface area contributed by atoms with Crippen LogP contribution < -0.4 is 0 Å². The van der Waals surface area contributed by atoms with Crippen LogP contribution in [-0.2, 0) is 4.79 Å². The number of rotatable bonds is 5. The summed E-state index contributed by atoms with van der Waals surface area (Å²) in [5.41, 5.74) is 1.42. The highest BCUT2D eigenvalue weighted by Crippen LogP contribution is 2.67. The van der Waals surface area contributed by atoms with Crippen molar-refractivity contribution in [1.82, 2.24) is 0 Å². The van der Waals surface area contributed by atoms with Crippen molar-refractivity contribution in [3.8, 4) is 0 Å². The van der Waals surface area contributed by atoms with Crippen molar-refractivity contribution in [2.24, 2.45) is 52.3 Å². The van der Waals surface area contributed by atoms with E-state index < -0.39 is 6.10 Å². The standard InChI is InChI=1S/C28H46O2/c1-17(2)18(3)7-8-19(4)22-9-10-23-21-16-26(30)25-15-20(29)11-13-28(25,6)24(21)12-14-27(22,23)5/h15,17-24,29H,7-14,16H2,1-6H3/t18-,19+,20+,21-,22+,23-,24-,27+,28+/m0/s1. The van der Waals surface area contributed by atoms with E-state index in [1.54, 1.807) is 0 Å². The van der Waals surface area contributed by atoms with Crippen molar-refractivity contribution in [3.05, 3.63) is 11.6 Å². The Balaban J connectivity index is 1.52. The first-order valence-electron chi connectivity index (χ1n) is 13.0. The molecule has 2 nitrogen and oxygen atoms in total. The number of aliphatic hydroxyl groups is 1. The monoisotopic (exact) mass is 414 g/mol. The molecule has 0 aliphatic heterocycles. The van der Waals surface area contributed by atoms with Crippen molar-refractivity contribution >= 4 is 5.78 Å². The van der Waals surface area contributed by atoms with Crippen LogP contribution in [0.3, 0.4) is 0 Å². The first-order chi connectivity index (χ1) is 14.1. The molecule has 0 unspecified atom stereocenters. The van der Waals surface area contributed by atoms with Crippen LogP contribution in [0.2, 0.25) is 0 Å². The predicted molar refractivity (Wildman–Crippen MR) is 124 cm³/mol. The van der Waals surface area contributed by atoms with Gasteiger partial charge in [-0.25, -0.2) is 0 Å². The van der Waals surface area contributed by atoms with Crippen molar-refractivity contribution in [3.63, 3.8) is 0 Å². The average molecular weight is 415 g/mol. The number of hydrogen-bond acceptors (Lipinski definition) is 2. The zero-order valence-corrected chi connectivity index (χ0v) is 20.4. The molecule has 170 valence electrons. The third kappa shape index (κ3) is 3.54. The van der Waals surface area contributed by atoms with Crippen molar-refractivity contribution < 1.29 is 9.90 Å². The van der Waals surface area contributed by atoms with Crippen molar-refractivity contribution in [2.45, 2.75) is 105 Å². The van der Waals surface area contributed by atoms with E-state index in [-0.39, 0.29) is 5.41 Å². The van der Waals surface area contributed by atoms with Gasteiger partial charge in [0.05, 0.1) is 6.10 Å². The molecule has 0 aromatic carbocycles. The topological polar surface area (TPSA) is 37.3 Å². The highest BCUT2D eigenvalue weighted by Gasteiger charge is 2.60. The number of hydrogen-bond donors (Lipinski definition) is 1. The molecule has 0 spiro atoms. The zero-order valence-electron chi connectivity index (χ0n) is 20.4. The van der Waals surface area contributed by atoms with E-state index in [2.05, 4.69) is 41.5 Å². The lowest BCUT2D eigenvalue weighted by Gasteiger charge is -2.58. The van der Waals surface area contributed by atoms with Gasteiger partial charge in [0.1, 0.15) is 0 Å². The fourth-order valence-corrected chi connectivity index (χ4v) is 8.57. The molecular weight excluding hydrogens is 368 g/mol. The Morgan fingerprint density at radius 1 is 1.00 bits per heavy atom. The Morgan fingerprint density at radius 2 is 1.73 bits per heavy atom. The molecule has 0 amide bonds. The van der Waals surface area contributed by atoms with E-state index in [4.69, 9.17) is 0 Å². The Kier molecular flexibility index (Phi) is 6.06. The molecule has 0 bridgehead atoms. The van der Waals surface area contributed by atoms with Crippen molar-refractivity contribution in [1.29, 1.82) is 0 Å². The molecule has 3 saturated carbocycles. The fraction of sp³-hybridized carbons (Fsp3) is 0.893. The molecular formula is C28H46O2. The normalized spacial score (nSPS) is 45.4. The lowest BCUT2D eigenvalue weighted by atomic mass is 9.46. The molecule has 9 atom stereocenters. The number of carbonyl (C=O) groups excluding carboxylic acids is 1. The molecule has 30 heavy (non-hydrogen) atoms. The van der Waals surface area contributed by atoms with E-state index >= 15 is 0 Å². The minimum absolute atomic E-state index is 0.0109. The van der Waals surface area contributed by atoms with E-state index in [1.807, 2.05) is 6.08 Å². The van der Waals surface area contributed by atoms with Gasteiger partial charge in [0, 0.05) is 6.42 Å². The highest BCUT2D eigenvalue weighted by atomic mass is 16.3. The van der Waals surface area contributed by atoms with Crippen LogP contribution in [0.4, 0.5) is 0 Å².